The quantitative estimate of drug-likeness (QED) is 0.243. The number of hydrogen-bond donors (Lipinski definition) is 0. The van der Waals surface area contributed by atoms with Crippen molar-refractivity contribution in [2.75, 3.05) is 0 Å². The van der Waals surface area contributed by atoms with Gasteiger partial charge in [0.15, 0.2) is 4.34 Å². The van der Waals surface area contributed by atoms with Crippen LogP contribution in [0.4, 0.5) is 0 Å². The zero-order valence-corrected chi connectivity index (χ0v) is 18.5. The molecule has 0 bridgehead atoms. The molecule has 0 amide bonds. The molecule has 0 radical (unpaired) electrons. The number of para-hydroxylation sites is 2. The number of unbranched alkanes of at least 4 members (excludes halogenated alkanes) is 1. The van der Waals surface area contributed by atoms with Crippen LogP contribution in [0.2, 0.25) is 0 Å². The highest BCUT2D eigenvalue weighted by atomic mass is 32.2. The molecule has 0 aliphatic carbocycles. The van der Waals surface area contributed by atoms with Crippen LogP contribution in [-0.4, -0.2) is 4.98 Å². The summed E-state index contributed by atoms with van der Waals surface area (Å²) in [4.78, 5) is 4.91. The summed E-state index contributed by atoms with van der Waals surface area (Å²) in [7, 11) is 0. The van der Waals surface area contributed by atoms with E-state index >= 15 is 0 Å². The second kappa shape index (κ2) is 8.66. The third kappa shape index (κ3) is 3.78. The van der Waals surface area contributed by atoms with Gasteiger partial charge in [-0.1, -0.05) is 85.8 Å². The highest BCUT2D eigenvalue weighted by Crippen LogP contribution is 2.47. The fourth-order valence-corrected chi connectivity index (χ4v) is 6.32. The lowest BCUT2D eigenvalue weighted by atomic mass is 9.99. The lowest BCUT2D eigenvalue weighted by molar-refractivity contribution is 0.531. The van der Waals surface area contributed by atoms with E-state index in [4.69, 9.17) is 9.40 Å². The number of nitrogens with zero attached hydrogens (tertiary/aromatic N) is 1. The van der Waals surface area contributed by atoms with Crippen LogP contribution in [0, 0.1) is 0 Å². The molecular weight excluding hydrogens is 406 g/mol. The summed E-state index contributed by atoms with van der Waals surface area (Å²) in [5, 5.41) is 1.35. The van der Waals surface area contributed by atoms with Gasteiger partial charge in [0.05, 0.1) is 15.5 Å². The number of thiazole rings is 1. The van der Waals surface area contributed by atoms with Gasteiger partial charge in [0.25, 0.3) is 0 Å². The average Bonchev–Trinajstić information content (AvgIpc) is 3.37. The maximum absolute atomic E-state index is 6.37. The van der Waals surface area contributed by atoms with Crippen LogP contribution in [0.1, 0.15) is 41.9 Å². The zero-order chi connectivity index (χ0) is 20.3. The smallest absolute Gasteiger partial charge is 0.152 e. The van der Waals surface area contributed by atoms with Gasteiger partial charge in [-0.2, -0.15) is 0 Å². The Morgan fingerprint density at radius 2 is 1.70 bits per heavy atom. The average molecular weight is 430 g/mol. The fourth-order valence-electron chi connectivity index (χ4n) is 3.85. The standard InChI is InChI=1S/C26H23NOS2/c1-2-3-15-22-24(19-13-7-9-16-21(19)28-22)25(18-11-5-4-6-12-18)30-26-27-20-14-8-10-17-23(20)29-26/h4-14,16-17,25H,2-3,15H2,1H3. The lowest BCUT2D eigenvalue weighted by Gasteiger charge is -2.17. The molecule has 4 heteroatoms. The van der Waals surface area contributed by atoms with Gasteiger partial charge in [0.1, 0.15) is 11.3 Å². The number of aryl methyl sites for hydroxylation is 1. The van der Waals surface area contributed by atoms with Crippen molar-refractivity contribution in [2.24, 2.45) is 0 Å². The van der Waals surface area contributed by atoms with Crippen molar-refractivity contribution in [3.63, 3.8) is 0 Å². The van der Waals surface area contributed by atoms with E-state index in [-0.39, 0.29) is 5.25 Å². The molecule has 5 aromatic rings. The minimum absolute atomic E-state index is 0.141. The van der Waals surface area contributed by atoms with E-state index in [9.17, 15) is 0 Å². The van der Waals surface area contributed by atoms with Crippen LogP contribution < -0.4 is 0 Å². The largest absolute Gasteiger partial charge is 0.461 e. The predicted molar refractivity (Wildman–Crippen MR) is 129 cm³/mol. The minimum Gasteiger partial charge on any atom is -0.461 e. The third-order valence-electron chi connectivity index (χ3n) is 5.33. The van der Waals surface area contributed by atoms with Crippen molar-refractivity contribution in [1.82, 2.24) is 4.98 Å². The van der Waals surface area contributed by atoms with Crippen LogP contribution in [0.25, 0.3) is 21.2 Å². The van der Waals surface area contributed by atoms with Crippen LogP contribution in [0.3, 0.4) is 0 Å². The molecule has 0 aliphatic heterocycles. The molecule has 1 unspecified atom stereocenters. The molecule has 150 valence electrons. The minimum atomic E-state index is 0.141. The van der Waals surface area contributed by atoms with Gasteiger partial charge in [-0.15, -0.1) is 11.3 Å². The fraction of sp³-hybridized carbons (Fsp3) is 0.192. The van der Waals surface area contributed by atoms with Gasteiger partial charge in [-0.25, -0.2) is 4.98 Å². The van der Waals surface area contributed by atoms with E-state index in [2.05, 4.69) is 85.8 Å². The monoisotopic (exact) mass is 429 g/mol. The first-order valence-electron chi connectivity index (χ1n) is 10.4. The maximum atomic E-state index is 6.37. The number of furan rings is 1. The normalized spacial score (nSPS) is 12.6. The molecule has 0 aliphatic rings. The van der Waals surface area contributed by atoms with Crippen molar-refractivity contribution < 1.29 is 4.42 Å². The van der Waals surface area contributed by atoms with Gasteiger partial charge >= 0.3 is 0 Å². The number of rotatable bonds is 7. The Labute approximate surface area is 185 Å². The molecule has 2 aromatic heterocycles. The van der Waals surface area contributed by atoms with E-state index in [1.165, 1.54) is 21.2 Å². The molecule has 30 heavy (non-hydrogen) atoms. The molecule has 3 aromatic carbocycles. The Balaban J connectivity index is 1.65. The molecular formula is C26H23NOS2. The van der Waals surface area contributed by atoms with Crippen molar-refractivity contribution in [1.29, 1.82) is 0 Å². The molecule has 2 nitrogen and oxygen atoms in total. The molecule has 2 heterocycles. The SMILES string of the molecule is CCCCc1oc2ccccc2c1C(Sc1nc2ccccc2s1)c1ccccc1. The second-order valence-corrected chi connectivity index (χ2v) is 9.78. The summed E-state index contributed by atoms with van der Waals surface area (Å²) in [5.41, 5.74) is 4.63. The van der Waals surface area contributed by atoms with Crippen LogP contribution in [0.5, 0.6) is 0 Å². The number of thioether (sulfide) groups is 1. The summed E-state index contributed by atoms with van der Waals surface area (Å²) in [6.07, 6.45) is 3.24. The van der Waals surface area contributed by atoms with E-state index in [0.717, 1.165) is 40.5 Å². The topological polar surface area (TPSA) is 26.0 Å². The number of benzene rings is 3. The summed E-state index contributed by atoms with van der Waals surface area (Å²) in [5.74, 6) is 1.11. The zero-order valence-electron chi connectivity index (χ0n) is 16.9. The van der Waals surface area contributed by atoms with Gasteiger partial charge in [-0.3, -0.25) is 0 Å². The molecule has 0 fully saturated rings. The van der Waals surface area contributed by atoms with Gasteiger partial charge in [0.2, 0.25) is 0 Å². The van der Waals surface area contributed by atoms with Gasteiger partial charge < -0.3 is 4.42 Å². The van der Waals surface area contributed by atoms with Crippen molar-refractivity contribution in [3.8, 4) is 0 Å². The first kappa shape index (κ1) is 19.4. The number of aromatic nitrogens is 1. The molecule has 0 spiro atoms. The summed E-state index contributed by atoms with van der Waals surface area (Å²) in [6.45, 7) is 2.23. The Kier molecular flexibility index (Phi) is 5.60. The van der Waals surface area contributed by atoms with E-state index < -0.39 is 0 Å². The van der Waals surface area contributed by atoms with Crippen molar-refractivity contribution in [2.45, 2.75) is 35.8 Å². The molecule has 0 saturated carbocycles. The van der Waals surface area contributed by atoms with Crippen molar-refractivity contribution in [3.05, 3.63) is 95.7 Å². The molecule has 5 rings (SSSR count). The summed E-state index contributed by atoms with van der Waals surface area (Å²) >= 11 is 3.60. The van der Waals surface area contributed by atoms with Crippen LogP contribution in [-0.2, 0) is 6.42 Å². The Hall–Kier alpha value is -2.56. The number of fused-ring (bicyclic) bond motifs is 2. The Morgan fingerprint density at radius 3 is 2.53 bits per heavy atom. The van der Waals surface area contributed by atoms with E-state index in [1.807, 2.05) is 11.8 Å². The predicted octanol–water partition coefficient (Wildman–Crippen LogP) is 8.27. The Morgan fingerprint density at radius 1 is 0.933 bits per heavy atom. The first-order chi connectivity index (χ1) is 14.8. The lowest BCUT2D eigenvalue weighted by Crippen LogP contribution is -2.00. The van der Waals surface area contributed by atoms with E-state index in [0.29, 0.717) is 0 Å². The summed E-state index contributed by atoms with van der Waals surface area (Å²) in [6, 6.07) is 27.6. The number of hydrogen-bond acceptors (Lipinski definition) is 4. The third-order valence-corrected chi connectivity index (χ3v) is 7.73. The maximum Gasteiger partial charge on any atom is 0.152 e. The molecule has 0 saturated heterocycles. The van der Waals surface area contributed by atoms with Crippen LogP contribution in [0.15, 0.2) is 87.6 Å². The highest BCUT2D eigenvalue weighted by molar-refractivity contribution is 8.01. The molecule has 1 atom stereocenters. The molecule has 0 N–H and O–H groups in total. The Bertz CT molecular complexity index is 1240. The van der Waals surface area contributed by atoms with Gasteiger partial charge in [-0.05, 0) is 30.2 Å². The van der Waals surface area contributed by atoms with Crippen LogP contribution >= 0.6 is 23.1 Å². The second-order valence-electron chi connectivity index (χ2n) is 7.39. The van der Waals surface area contributed by atoms with Crippen molar-refractivity contribution >= 4 is 44.3 Å². The summed E-state index contributed by atoms with van der Waals surface area (Å²) < 4.78 is 8.70. The van der Waals surface area contributed by atoms with Gasteiger partial charge in [0, 0.05) is 17.4 Å². The highest BCUT2D eigenvalue weighted by Gasteiger charge is 2.26. The van der Waals surface area contributed by atoms with E-state index in [1.54, 1.807) is 11.3 Å². The first-order valence-corrected chi connectivity index (χ1v) is 12.1.